The Labute approximate surface area is 146 Å². The molecule has 0 saturated heterocycles. The summed E-state index contributed by atoms with van der Waals surface area (Å²) in [7, 11) is 0. The van der Waals surface area contributed by atoms with Gasteiger partial charge < -0.3 is 10.1 Å². The van der Waals surface area contributed by atoms with Crippen molar-refractivity contribution in [3.8, 4) is 5.88 Å². The molecule has 0 unspecified atom stereocenters. The van der Waals surface area contributed by atoms with Crippen LogP contribution in [0.15, 0.2) is 36.7 Å². The molecule has 1 aromatic heterocycles. The highest BCUT2D eigenvalue weighted by atomic mass is 35.5. The number of hydrogen-bond donors (Lipinski definition) is 1. The van der Waals surface area contributed by atoms with Crippen molar-refractivity contribution in [1.82, 2.24) is 9.97 Å². The van der Waals surface area contributed by atoms with Gasteiger partial charge in [0.05, 0.1) is 24.4 Å². The molecule has 1 heterocycles. The normalized spacial score (nSPS) is 22.5. The van der Waals surface area contributed by atoms with Gasteiger partial charge in [-0.1, -0.05) is 30.7 Å². The van der Waals surface area contributed by atoms with Gasteiger partial charge in [-0.15, -0.1) is 0 Å². The summed E-state index contributed by atoms with van der Waals surface area (Å²) < 4.78 is 5.33. The summed E-state index contributed by atoms with van der Waals surface area (Å²) in [5.74, 6) is 1.21. The third-order valence-corrected chi connectivity index (χ3v) is 4.59. The predicted octanol–water partition coefficient (Wildman–Crippen LogP) is 3.84. The standard InChI is InChI=1S/C18H20ClN3O2/c1-3-24-16-11-20-10-15(21-16)22-17(23)18(8-12(2)9-18)13-5-4-6-14(19)7-13/h4-7,10-12H,3,8-9H2,1-2H3,(H,21,22,23). The van der Waals surface area contributed by atoms with Crippen LogP contribution in [0.4, 0.5) is 5.82 Å². The lowest BCUT2D eigenvalue weighted by Gasteiger charge is -2.45. The quantitative estimate of drug-likeness (QED) is 0.894. The van der Waals surface area contributed by atoms with Gasteiger partial charge in [0, 0.05) is 5.02 Å². The van der Waals surface area contributed by atoms with E-state index in [-0.39, 0.29) is 5.91 Å². The first kappa shape index (κ1) is 16.7. The summed E-state index contributed by atoms with van der Waals surface area (Å²) in [5.41, 5.74) is 0.382. The van der Waals surface area contributed by atoms with Crippen LogP contribution in [0.25, 0.3) is 0 Å². The maximum Gasteiger partial charge on any atom is 0.236 e. The molecule has 126 valence electrons. The minimum Gasteiger partial charge on any atom is -0.477 e. The molecule has 1 amide bonds. The topological polar surface area (TPSA) is 64.1 Å². The van der Waals surface area contributed by atoms with Crippen molar-refractivity contribution in [2.24, 2.45) is 5.92 Å². The molecule has 24 heavy (non-hydrogen) atoms. The van der Waals surface area contributed by atoms with Crippen LogP contribution in [0.1, 0.15) is 32.3 Å². The Kier molecular flexibility index (Phi) is 4.71. The van der Waals surface area contributed by atoms with E-state index in [2.05, 4.69) is 22.2 Å². The van der Waals surface area contributed by atoms with Crippen LogP contribution in [0.5, 0.6) is 5.88 Å². The van der Waals surface area contributed by atoms with Crippen molar-refractivity contribution >= 4 is 23.3 Å². The van der Waals surface area contributed by atoms with E-state index in [1.165, 1.54) is 12.4 Å². The van der Waals surface area contributed by atoms with Crippen LogP contribution in [-0.2, 0) is 10.2 Å². The SMILES string of the molecule is CCOc1cncc(NC(=O)C2(c3cccc(Cl)c3)CC(C)C2)n1. The second-order valence-electron chi connectivity index (χ2n) is 6.24. The molecule has 3 rings (SSSR count). The molecule has 5 nitrogen and oxygen atoms in total. The lowest BCUT2D eigenvalue weighted by Crippen LogP contribution is -2.50. The Morgan fingerprint density at radius 1 is 1.42 bits per heavy atom. The van der Waals surface area contributed by atoms with Gasteiger partial charge in [0.15, 0.2) is 5.82 Å². The maximum absolute atomic E-state index is 13.0. The van der Waals surface area contributed by atoms with Gasteiger partial charge in [0.2, 0.25) is 11.8 Å². The molecule has 1 saturated carbocycles. The Balaban J connectivity index is 1.84. The number of nitrogens with one attached hydrogen (secondary N) is 1. The number of carbonyl (C=O) groups excluding carboxylic acids is 1. The predicted molar refractivity (Wildman–Crippen MR) is 93.4 cm³/mol. The molecule has 0 radical (unpaired) electrons. The van der Waals surface area contributed by atoms with Crippen LogP contribution >= 0.6 is 11.6 Å². The highest BCUT2D eigenvalue weighted by Crippen LogP contribution is 2.48. The lowest BCUT2D eigenvalue weighted by molar-refractivity contribution is -0.126. The van der Waals surface area contributed by atoms with Gasteiger partial charge in [-0.05, 0) is 43.4 Å². The third-order valence-electron chi connectivity index (χ3n) is 4.35. The molecule has 0 bridgehead atoms. The van der Waals surface area contributed by atoms with Crippen molar-refractivity contribution in [2.45, 2.75) is 32.1 Å². The van der Waals surface area contributed by atoms with E-state index in [1.807, 2.05) is 31.2 Å². The smallest absolute Gasteiger partial charge is 0.236 e. The largest absolute Gasteiger partial charge is 0.477 e. The summed E-state index contributed by atoms with van der Waals surface area (Å²) in [6.07, 6.45) is 4.63. The molecule has 1 fully saturated rings. The molecular formula is C18H20ClN3O2. The van der Waals surface area contributed by atoms with Crippen molar-refractivity contribution in [1.29, 1.82) is 0 Å². The average molecular weight is 346 g/mol. The molecule has 0 spiro atoms. The Bertz CT molecular complexity index is 745. The van der Waals surface area contributed by atoms with Crippen LogP contribution in [0.3, 0.4) is 0 Å². The maximum atomic E-state index is 13.0. The number of benzene rings is 1. The summed E-state index contributed by atoms with van der Waals surface area (Å²) in [5, 5.41) is 3.52. The second kappa shape index (κ2) is 6.77. The monoisotopic (exact) mass is 345 g/mol. The minimum absolute atomic E-state index is 0.0779. The zero-order chi connectivity index (χ0) is 17.2. The van der Waals surface area contributed by atoms with Crippen LogP contribution in [-0.4, -0.2) is 22.5 Å². The van der Waals surface area contributed by atoms with E-state index in [9.17, 15) is 4.79 Å². The number of carbonyl (C=O) groups is 1. The minimum atomic E-state index is -0.562. The van der Waals surface area contributed by atoms with Gasteiger partial charge in [-0.3, -0.25) is 9.78 Å². The average Bonchev–Trinajstić information content (AvgIpc) is 2.52. The van der Waals surface area contributed by atoms with Gasteiger partial charge in [0.25, 0.3) is 0 Å². The third kappa shape index (κ3) is 3.22. The Morgan fingerprint density at radius 2 is 2.21 bits per heavy atom. The van der Waals surface area contributed by atoms with Gasteiger partial charge in [-0.25, -0.2) is 0 Å². The molecule has 6 heteroatoms. The van der Waals surface area contributed by atoms with Crippen molar-refractivity contribution in [2.75, 3.05) is 11.9 Å². The second-order valence-corrected chi connectivity index (χ2v) is 6.67. The number of amides is 1. The summed E-state index contributed by atoms with van der Waals surface area (Å²) in [6, 6.07) is 7.52. The molecule has 0 aliphatic heterocycles. The van der Waals surface area contributed by atoms with Gasteiger partial charge in [-0.2, -0.15) is 4.98 Å². The number of rotatable bonds is 5. The Morgan fingerprint density at radius 3 is 2.88 bits per heavy atom. The fraction of sp³-hybridized carbons (Fsp3) is 0.389. The van der Waals surface area contributed by atoms with Crippen molar-refractivity contribution in [3.63, 3.8) is 0 Å². The molecule has 2 aromatic rings. The highest BCUT2D eigenvalue weighted by Gasteiger charge is 2.49. The molecule has 1 aliphatic rings. The molecule has 1 aromatic carbocycles. The van der Waals surface area contributed by atoms with Crippen LogP contribution in [0.2, 0.25) is 5.02 Å². The first-order valence-corrected chi connectivity index (χ1v) is 8.43. The zero-order valence-corrected chi connectivity index (χ0v) is 14.5. The fourth-order valence-electron chi connectivity index (χ4n) is 3.33. The number of nitrogens with zero attached hydrogens (tertiary/aromatic N) is 2. The van der Waals surface area contributed by atoms with E-state index in [1.54, 1.807) is 0 Å². The summed E-state index contributed by atoms with van der Waals surface area (Å²) in [6.45, 7) is 4.51. The highest BCUT2D eigenvalue weighted by molar-refractivity contribution is 6.30. The number of halogens is 1. The summed E-state index contributed by atoms with van der Waals surface area (Å²) in [4.78, 5) is 21.3. The molecule has 1 N–H and O–H groups in total. The Hall–Kier alpha value is -2.14. The first-order chi connectivity index (χ1) is 11.5. The van der Waals surface area contributed by atoms with E-state index in [0.29, 0.717) is 29.2 Å². The first-order valence-electron chi connectivity index (χ1n) is 8.06. The van der Waals surface area contributed by atoms with Crippen molar-refractivity contribution < 1.29 is 9.53 Å². The lowest BCUT2D eigenvalue weighted by atomic mass is 9.58. The molecular weight excluding hydrogens is 326 g/mol. The van der Waals surface area contributed by atoms with Gasteiger partial charge in [0.1, 0.15) is 0 Å². The summed E-state index contributed by atoms with van der Waals surface area (Å²) >= 11 is 6.12. The zero-order valence-electron chi connectivity index (χ0n) is 13.8. The number of ether oxygens (including phenoxy) is 1. The number of anilines is 1. The number of hydrogen-bond acceptors (Lipinski definition) is 4. The van der Waals surface area contributed by atoms with E-state index < -0.39 is 5.41 Å². The molecule has 0 atom stereocenters. The van der Waals surface area contributed by atoms with E-state index in [0.717, 1.165) is 18.4 Å². The van der Waals surface area contributed by atoms with Crippen LogP contribution < -0.4 is 10.1 Å². The van der Waals surface area contributed by atoms with Gasteiger partial charge >= 0.3 is 0 Å². The molecule has 1 aliphatic carbocycles. The van der Waals surface area contributed by atoms with E-state index in [4.69, 9.17) is 16.3 Å². The van der Waals surface area contributed by atoms with Crippen LogP contribution in [0, 0.1) is 5.92 Å². The van der Waals surface area contributed by atoms with Crippen molar-refractivity contribution in [3.05, 3.63) is 47.2 Å². The van der Waals surface area contributed by atoms with E-state index >= 15 is 0 Å². The fourth-order valence-corrected chi connectivity index (χ4v) is 3.52. The number of aromatic nitrogens is 2.